The summed E-state index contributed by atoms with van der Waals surface area (Å²) in [5, 5.41) is 0. The lowest BCUT2D eigenvalue weighted by Gasteiger charge is -2.11. The van der Waals surface area contributed by atoms with Crippen molar-refractivity contribution >= 4 is 21.8 Å². The Balaban J connectivity index is 1.55. The Kier molecular flexibility index (Phi) is 7.45. The molecule has 0 saturated carbocycles. The molecule has 2 atom stereocenters. The number of benzene rings is 5. The summed E-state index contributed by atoms with van der Waals surface area (Å²) in [6, 6.07) is 43.3. The molecule has 37 heavy (non-hydrogen) atoms. The van der Waals surface area contributed by atoms with Crippen LogP contribution in [0, 0.1) is 6.92 Å². The largest absolute Gasteiger partial charge is 0.416 e. The molecular weight excluding hydrogens is 505 g/mol. The first kappa shape index (κ1) is 25.2. The Morgan fingerprint density at radius 1 is 0.405 bits per heavy atom. The molecule has 5 rings (SSSR count). The van der Waals surface area contributed by atoms with E-state index < -0.39 is 22.6 Å². The molecule has 0 spiro atoms. The first-order valence-electron chi connectivity index (χ1n) is 11.8. The zero-order valence-corrected chi connectivity index (χ0v) is 21.8. The number of hydrogen-bond acceptors (Lipinski definition) is 0. The molecule has 5 aromatic carbocycles. The second-order valence-corrected chi connectivity index (χ2v) is 12.6. The van der Waals surface area contributed by atoms with Gasteiger partial charge in [-0.3, -0.25) is 0 Å². The van der Waals surface area contributed by atoms with Crippen LogP contribution in [0.2, 0.25) is 0 Å². The van der Waals surface area contributed by atoms with Gasteiger partial charge >= 0.3 is 6.18 Å². The predicted molar refractivity (Wildman–Crippen MR) is 146 cm³/mol. The fraction of sp³-hybridized carbons (Fsp3) is 0.0625. The van der Waals surface area contributed by atoms with E-state index in [0.29, 0.717) is 0 Å². The second kappa shape index (κ2) is 10.9. The molecule has 0 aromatic heterocycles. The minimum Gasteiger partial charge on any atom is -0.166 e. The third-order valence-corrected chi connectivity index (χ3v) is 10.4. The summed E-state index contributed by atoms with van der Waals surface area (Å²) in [5.41, 5.74) is 0.590. The van der Waals surface area contributed by atoms with Gasteiger partial charge in [-0.05, 0) is 91.9 Å². The van der Waals surface area contributed by atoms with E-state index >= 15 is 0 Å². The van der Waals surface area contributed by atoms with Crippen molar-refractivity contribution < 1.29 is 13.2 Å². The monoisotopic (exact) mass is 530 g/mol. The molecule has 0 heterocycles. The molecule has 5 aromatic rings. The summed E-state index contributed by atoms with van der Waals surface area (Å²) < 4.78 is 39.6. The normalized spacial score (nSPS) is 13.2. The maximum atomic E-state index is 13.2. The van der Waals surface area contributed by atoms with E-state index in [0.717, 1.165) is 14.7 Å². The summed E-state index contributed by atoms with van der Waals surface area (Å²) in [6.07, 6.45) is -4.35. The summed E-state index contributed by atoms with van der Waals surface area (Å²) in [4.78, 5) is 6.67. The molecule has 0 radical (unpaired) electrons. The van der Waals surface area contributed by atoms with Crippen molar-refractivity contribution in [1.29, 1.82) is 0 Å². The highest BCUT2D eigenvalue weighted by Gasteiger charge is 2.34. The van der Waals surface area contributed by atoms with Gasteiger partial charge in [0.15, 0.2) is 29.4 Å². The van der Waals surface area contributed by atoms with Crippen molar-refractivity contribution in [3.63, 3.8) is 0 Å². The standard InChI is InChI=1S/C32H25F3S2/c1-24-12-16-28(17-13-24)36(26-8-4-2-5-9-26)30-20-22-31(23-21-30)37(27-10-6-3-7-11-27)29-18-14-25(15-19-29)32(33,34)35/h2-23H,1H3/q+2. The number of rotatable bonds is 6. The summed E-state index contributed by atoms with van der Waals surface area (Å²) >= 11 is 0. The summed E-state index contributed by atoms with van der Waals surface area (Å²) in [7, 11) is -0.796. The minimum absolute atomic E-state index is 0.268. The first-order valence-corrected chi connectivity index (χ1v) is 14.3. The van der Waals surface area contributed by atoms with Crippen LogP contribution in [0.4, 0.5) is 13.2 Å². The number of hydrogen-bond donors (Lipinski definition) is 0. The molecule has 2 unspecified atom stereocenters. The maximum Gasteiger partial charge on any atom is 0.416 e. The van der Waals surface area contributed by atoms with E-state index in [4.69, 9.17) is 0 Å². The van der Waals surface area contributed by atoms with Crippen LogP contribution < -0.4 is 0 Å². The van der Waals surface area contributed by atoms with Crippen LogP contribution >= 0.6 is 0 Å². The van der Waals surface area contributed by atoms with Gasteiger partial charge in [0, 0.05) is 0 Å². The zero-order chi connectivity index (χ0) is 25.8. The molecule has 5 heteroatoms. The smallest absolute Gasteiger partial charge is 0.166 e. The third kappa shape index (κ3) is 5.79. The SMILES string of the molecule is Cc1ccc([S+](c2ccccc2)c2ccc([S+](c3ccccc3)c3ccc(C(F)(F)F)cc3)cc2)cc1. The highest BCUT2D eigenvalue weighted by atomic mass is 32.2. The Morgan fingerprint density at radius 2 is 0.703 bits per heavy atom. The quantitative estimate of drug-likeness (QED) is 0.192. The van der Waals surface area contributed by atoms with Crippen molar-refractivity contribution in [2.45, 2.75) is 42.5 Å². The van der Waals surface area contributed by atoms with Crippen LogP contribution in [0.25, 0.3) is 0 Å². The van der Waals surface area contributed by atoms with Gasteiger partial charge in [-0.1, -0.05) is 54.1 Å². The first-order chi connectivity index (χ1) is 17.9. The van der Waals surface area contributed by atoms with Crippen molar-refractivity contribution in [2.75, 3.05) is 0 Å². The number of alkyl halides is 3. The van der Waals surface area contributed by atoms with Gasteiger partial charge in [0.05, 0.1) is 27.4 Å². The highest BCUT2D eigenvalue weighted by Crippen LogP contribution is 2.36. The van der Waals surface area contributed by atoms with E-state index in [2.05, 4.69) is 79.7 Å². The lowest BCUT2D eigenvalue weighted by Crippen LogP contribution is -2.09. The van der Waals surface area contributed by atoms with E-state index in [-0.39, 0.29) is 10.9 Å². The maximum absolute atomic E-state index is 13.2. The summed E-state index contributed by atoms with van der Waals surface area (Å²) in [6.45, 7) is 2.09. The molecule has 0 nitrogen and oxygen atoms in total. The van der Waals surface area contributed by atoms with Crippen LogP contribution in [0.15, 0.2) is 163 Å². The lowest BCUT2D eigenvalue weighted by atomic mass is 10.2. The fourth-order valence-electron chi connectivity index (χ4n) is 4.10. The van der Waals surface area contributed by atoms with E-state index in [1.54, 1.807) is 12.1 Å². The molecule has 0 aliphatic heterocycles. The van der Waals surface area contributed by atoms with E-state index in [1.165, 1.54) is 32.4 Å². The molecular formula is C32H25F3S2+2. The van der Waals surface area contributed by atoms with E-state index in [9.17, 15) is 13.2 Å². The Morgan fingerprint density at radius 3 is 1.05 bits per heavy atom. The van der Waals surface area contributed by atoms with Crippen molar-refractivity contribution in [3.8, 4) is 0 Å². The molecule has 0 saturated heterocycles. The average molecular weight is 531 g/mol. The molecule has 0 aliphatic rings. The molecule has 0 N–H and O–H groups in total. The van der Waals surface area contributed by atoms with Gasteiger partial charge in [-0.25, -0.2) is 0 Å². The van der Waals surface area contributed by atoms with Crippen LogP contribution in [0.5, 0.6) is 0 Å². The van der Waals surface area contributed by atoms with Gasteiger partial charge in [0.25, 0.3) is 0 Å². The van der Waals surface area contributed by atoms with Gasteiger partial charge < -0.3 is 0 Å². The third-order valence-electron chi connectivity index (χ3n) is 5.93. The Labute approximate surface area is 221 Å². The number of aryl methyl sites for hydroxylation is 1. The van der Waals surface area contributed by atoms with Crippen molar-refractivity contribution in [2.24, 2.45) is 0 Å². The molecule has 0 amide bonds. The van der Waals surface area contributed by atoms with Gasteiger partial charge in [0.2, 0.25) is 0 Å². The highest BCUT2D eigenvalue weighted by molar-refractivity contribution is 7.97. The average Bonchev–Trinajstić information content (AvgIpc) is 2.92. The van der Waals surface area contributed by atoms with Gasteiger partial charge in [-0.15, -0.1) is 0 Å². The zero-order valence-electron chi connectivity index (χ0n) is 20.2. The fourth-order valence-corrected chi connectivity index (χ4v) is 8.22. The van der Waals surface area contributed by atoms with Crippen LogP contribution in [-0.2, 0) is 28.0 Å². The molecule has 0 bridgehead atoms. The van der Waals surface area contributed by atoms with Crippen LogP contribution in [0.1, 0.15) is 11.1 Å². The van der Waals surface area contributed by atoms with Gasteiger partial charge in [-0.2, -0.15) is 13.2 Å². The molecule has 0 fully saturated rings. The van der Waals surface area contributed by atoms with Gasteiger partial charge in [0.1, 0.15) is 0 Å². The predicted octanol–water partition coefficient (Wildman–Crippen LogP) is 9.20. The van der Waals surface area contributed by atoms with Crippen molar-refractivity contribution in [1.82, 2.24) is 0 Å². The minimum atomic E-state index is -4.35. The molecule has 184 valence electrons. The van der Waals surface area contributed by atoms with Crippen molar-refractivity contribution in [3.05, 3.63) is 145 Å². The Hall–Kier alpha value is -3.41. The Bertz CT molecular complexity index is 1430. The molecule has 0 aliphatic carbocycles. The van der Waals surface area contributed by atoms with Crippen LogP contribution in [-0.4, -0.2) is 0 Å². The van der Waals surface area contributed by atoms with E-state index in [1.807, 2.05) is 36.4 Å². The number of halogens is 3. The topological polar surface area (TPSA) is 0 Å². The summed E-state index contributed by atoms with van der Waals surface area (Å²) in [5.74, 6) is 0. The lowest BCUT2D eigenvalue weighted by molar-refractivity contribution is -0.137. The second-order valence-electron chi connectivity index (χ2n) is 8.55. The van der Waals surface area contributed by atoms with Crippen LogP contribution in [0.3, 0.4) is 0 Å².